The molecule has 13 heavy (non-hydrogen) atoms. The molecule has 0 unspecified atom stereocenters. The molecule has 1 aromatic carbocycles. The maximum absolute atomic E-state index is 11.3. The third kappa shape index (κ3) is 1.20. The number of fused-ring (bicyclic) bond motifs is 1. The minimum Gasteiger partial charge on any atom is -0.496 e. The Bertz CT molecular complexity index is 408. The van der Waals surface area contributed by atoms with Crippen LogP contribution in [0.4, 0.5) is 0 Å². The number of ether oxygens (including phenoxy) is 1. The van der Waals surface area contributed by atoms with Gasteiger partial charge < -0.3 is 4.74 Å². The zero-order valence-electron chi connectivity index (χ0n) is 7.00. The van der Waals surface area contributed by atoms with E-state index in [4.69, 9.17) is 4.74 Å². The molecule has 0 atom stereocenters. The van der Waals surface area contributed by atoms with E-state index in [1.165, 1.54) is 0 Å². The van der Waals surface area contributed by atoms with Gasteiger partial charge in [0, 0.05) is 11.1 Å². The van der Waals surface area contributed by atoms with Crippen LogP contribution in [0, 0.1) is 0 Å². The molecular formula is C10H7BrO2. The first-order chi connectivity index (χ1) is 6.24. The number of ketones is 1. The van der Waals surface area contributed by atoms with Crippen molar-refractivity contribution in [2.75, 3.05) is 7.11 Å². The van der Waals surface area contributed by atoms with Crippen LogP contribution in [-0.2, 0) is 0 Å². The van der Waals surface area contributed by atoms with Crippen LogP contribution in [0.1, 0.15) is 15.9 Å². The molecule has 2 nitrogen and oxygen atoms in total. The minimum absolute atomic E-state index is 0.0540. The van der Waals surface area contributed by atoms with Crippen molar-refractivity contribution in [1.29, 1.82) is 0 Å². The Morgan fingerprint density at radius 2 is 2.08 bits per heavy atom. The molecule has 1 aliphatic rings. The summed E-state index contributed by atoms with van der Waals surface area (Å²) in [6, 6.07) is 3.56. The first kappa shape index (κ1) is 8.51. The molecule has 3 heteroatoms. The summed E-state index contributed by atoms with van der Waals surface area (Å²) in [4.78, 5) is 11.3. The summed E-state index contributed by atoms with van der Waals surface area (Å²) in [6.07, 6.45) is 3.36. The molecule has 0 N–H and O–H groups in total. The summed E-state index contributed by atoms with van der Waals surface area (Å²) in [6.45, 7) is 0. The lowest BCUT2D eigenvalue weighted by atomic mass is 10.1. The van der Waals surface area contributed by atoms with Crippen LogP contribution >= 0.6 is 15.9 Å². The maximum Gasteiger partial charge on any atom is 0.186 e. The second-order valence-electron chi connectivity index (χ2n) is 2.74. The molecule has 66 valence electrons. The number of hydrogen-bond donors (Lipinski definition) is 0. The van der Waals surface area contributed by atoms with Crippen LogP contribution in [0.2, 0.25) is 0 Å². The van der Waals surface area contributed by atoms with Gasteiger partial charge in [0.2, 0.25) is 0 Å². The highest BCUT2D eigenvalue weighted by Crippen LogP contribution is 2.34. The van der Waals surface area contributed by atoms with E-state index in [1.54, 1.807) is 31.4 Å². The second kappa shape index (κ2) is 3.00. The van der Waals surface area contributed by atoms with E-state index in [1.807, 2.05) is 0 Å². The average molecular weight is 239 g/mol. The van der Waals surface area contributed by atoms with Crippen molar-refractivity contribution in [1.82, 2.24) is 0 Å². The lowest BCUT2D eigenvalue weighted by Crippen LogP contribution is -1.94. The summed E-state index contributed by atoms with van der Waals surface area (Å²) in [5, 5.41) is 0. The number of hydrogen-bond acceptors (Lipinski definition) is 2. The monoisotopic (exact) mass is 238 g/mol. The lowest BCUT2D eigenvalue weighted by molar-refractivity contribution is 0.105. The fourth-order valence-corrected chi connectivity index (χ4v) is 2.00. The zero-order valence-corrected chi connectivity index (χ0v) is 8.59. The molecule has 0 aromatic heterocycles. The third-order valence-electron chi connectivity index (χ3n) is 2.03. The molecule has 1 aliphatic carbocycles. The molecule has 0 fully saturated rings. The van der Waals surface area contributed by atoms with E-state index in [0.29, 0.717) is 0 Å². The van der Waals surface area contributed by atoms with Gasteiger partial charge in [0.05, 0.1) is 11.6 Å². The smallest absolute Gasteiger partial charge is 0.186 e. The van der Waals surface area contributed by atoms with E-state index in [9.17, 15) is 4.79 Å². The van der Waals surface area contributed by atoms with Gasteiger partial charge in [-0.3, -0.25) is 4.79 Å². The molecule has 0 spiro atoms. The van der Waals surface area contributed by atoms with Gasteiger partial charge in [-0.2, -0.15) is 0 Å². The highest BCUT2D eigenvalue weighted by atomic mass is 79.9. The van der Waals surface area contributed by atoms with Gasteiger partial charge in [-0.15, -0.1) is 0 Å². The molecule has 0 radical (unpaired) electrons. The van der Waals surface area contributed by atoms with Crippen molar-refractivity contribution < 1.29 is 9.53 Å². The molecule has 0 aliphatic heterocycles. The van der Waals surface area contributed by atoms with Crippen molar-refractivity contribution in [3.05, 3.63) is 33.8 Å². The molecule has 0 saturated carbocycles. The standard InChI is InChI=1S/C10H7BrO2/c1-13-9-5-3-6-7(10(9)11)2-4-8(6)12/h2-5H,1H3. The molecule has 0 saturated heterocycles. The highest BCUT2D eigenvalue weighted by molar-refractivity contribution is 9.10. The van der Waals surface area contributed by atoms with Crippen LogP contribution < -0.4 is 4.74 Å². The Labute approximate surface area is 84.3 Å². The number of carbonyl (C=O) groups excluding carboxylic acids is 1. The fraction of sp³-hybridized carbons (Fsp3) is 0.100. The maximum atomic E-state index is 11.3. The van der Waals surface area contributed by atoms with Crippen molar-refractivity contribution in [2.45, 2.75) is 0 Å². The largest absolute Gasteiger partial charge is 0.496 e. The quantitative estimate of drug-likeness (QED) is 0.753. The van der Waals surface area contributed by atoms with Crippen LogP contribution in [0.5, 0.6) is 5.75 Å². The van der Waals surface area contributed by atoms with Crippen LogP contribution in [0.15, 0.2) is 22.7 Å². The van der Waals surface area contributed by atoms with Crippen LogP contribution in [-0.4, -0.2) is 12.9 Å². The van der Waals surface area contributed by atoms with Crippen molar-refractivity contribution in [3.63, 3.8) is 0 Å². The van der Waals surface area contributed by atoms with Crippen molar-refractivity contribution in [3.8, 4) is 5.75 Å². The first-order valence-electron chi connectivity index (χ1n) is 3.83. The van der Waals surface area contributed by atoms with Gasteiger partial charge in [-0.25, -0.2) is 0 Å². The number of benzene rings is 1. The Morgan fingerprint density at radius 1 is 1.31 bits per heavy atom. The van der Waals surface area contributed by atoms with E-state index in [0.717, 1.165) is 21.3 Å². The Kier molecular flexibility index (Phi) is 1.96. The van der Waals surface area contributed by atoms with Gasteiger partial charge >= 0.3 is 0 Å². The SMILES string of the molecule is COc1ccc2c(c1Br)C=CC2=O. The van der Waals surface area contributed by atoms with Gasteiger partial charge in [0.1, 0.15) is 5.75 Å². The molecule has 0 heterocycles. The van der Waals surface area contributed by atoms with E-state index >= 15 is 0 Å². The summed E-state index contributed by atoms with van der Waals surface area (Å²) in [7, 11) is 1.60. The van der Waals surface area contributed by atoms with E-state index < -0.39 is 0 Å². The van der Waals surface area contributed by atoms with E-state index in [-0.39, 0.29) is 5.78 Å². The Morgan fingerprint density at radius 3 is 2.77 bits per heavy atom. The third-order valence-corrected chi connectivity index (χ3v) is 2.85. The molecule has 0 amide bonds. The van der Waals surface area contributed by atoms with Crippen LogP contribution in [0.3, 0.4) is 0 Å². The van der Waals surface area contributed by atoms with Crippen molar-refractivity contribution >= 4 is 27.8 Å². The van der Waals surface area contributed by atoms with E-state index in [2.05, 4.69) is 15.9 Å². The van der Waals surface area contributed by atoms with Gasteiger partial charge in [0.25, 0.3) is 0 Å². The minimum atomic E-state index is 0.0540. The summed E-state index contributed by atoms with van der Waals surface area (Å²) in [5.74, 6) is 0.802. The Hall–Kier alpha value is -1.09. The number of allylic oxidation sites excluding steroid dienone is 1. The lowest BCUT2D eigenvalue weighted by Gasteiger charge is -2.06. The van der Waals surface area contributed by atoms with Gasteiger partial charge in [0.15, 0.2) is 5.78 Å². The van der Waals surface area contributed by atoms with Crippen molar-refractivity contribution in [2.24, 2.45) is 0 Å². The zero-order chi connectivity index (χ0) is 9.42. The second-order valence-corrected chi connectivity index (χ2v) is 3.53. The number of carbonyl (C=O) groups is 1. The highest BCUT2D eigenvalue weighted by Gasteiger charge is 2.18. The fourth-order valence-electron chi connectivity index (χ4n) is 1.36. The average Bonchev–Trinajstić information content (AvgIpc) is 2.50. The molecule has 0 bridgehead atoms. The summed E-state index contributed by atoms with van der Waals surface area (Å²) in [5.41, 5.74) is 1.64. The number of methoxy groups -OCH3 is 1. The van der Waals surface area contributed by atoms with Gasteiger partial charge in [-0.05, 0) is 40.2 Å². The van der Waals surface area contributed by atoms with Crippen LogP contribution in [0.25, 0.3) is 6.08 Å². The topological polar surface area (TPSA) is 26.3 Å². The summed E-state index contributed by atoms with van der Waals surface area (Å²) >= 11 is 3.39. The molecular weight excluding hydrogens is 232 g/mol. The molecule has 1 aromatic rings. The number of rotatable bonds is 1. The first-order valence-corrected chi connectivity index (χ1v) is 4.62. The number of halogens is 1. The summed E-state index contributed by atoms with van der Waals surface area (Å²) < 4.78 is 5.96. The Balaban J connectivity index is 2.66. The van der Waals surface area contributed by atoms with Gasteiger partial charge in [-0.1, -0.05) is 0 Å². The predicted molar refractivity (Wildman–Crippen MR) is 54.1 cm³/mol. The normalized spacial score (nSPS) is 13.2. The predicted octanol–water partition coefficient (Wildman–Crippen LogP) is 2.67. The molecule has 2 rings (SSSR count).